The summed E-state index contributed by atoms with van der Waals surface area (Å²) in [7, 11) is 0. The van der Waals surface area contributed by atoms with Crippen LogP contribution in [0.15, 0.2) is 96.9 Å². The first-order chi connectivity index (χ1) is 22.9. The molecule has 0 aliphatic carbocycles. The SMILES string of the molecule is C/C=C(\C=C/C(C)c1ccccc1C(=O)Nc1ccc(CC(=O)OCC(C(=O)OCC)(C(=O)OCC)c2cccnc2)cc1)C(F)(F)F. The topological polar surface area (TPSA) is 121 Å². The van der Waals surface area contributed by atoms with Crippen LogP contribution in [0.3, 0.4) is 0 Å². The Hall–Kier alpha value is -5.26. The fraction of sp³-hybridized carbons (Fsp3) is 0.306. The third-order valence-electron chi connectivity index (χ3n) is 7.31. The maximum Gasteiger partial charge on any atom is 0.416 e. The minimum absolute atomic E-state index is 0.0297. The highest BCUT2D eigenvalue weighted by Crippen LogP contribution is 2.30. The molecular weight excluding hydrogens is 629 g/mol. The van der Waals surface area contributed by atoms with E-state index in [1.54, 1.807) is 69.3 Å². The van der Waals surface area contributed by atoms with Gasteiger partial charge in [-0.1, -0.05) is 61.5 Å². The van der Waals surface area contributed by atoms with Crippen LogP contribution >= 0.6 is 0 Å². The van der Waals surface area contributed by atoms with Crippen LogP contribution in [-0.4, -0.2) is 54.8 Å². The van der Waals surface area contributed by atoms with Gasteiger partial charge >= 0.3 is 24.1 Å². The Balaban J connectivity index is 1.71. The minimum Gasteiger partial charge on any atom is -0.465 e. The van der Waals surface area contributed by atoms with Crippen molar-refractivity contribution in [1.29, 1.82) is 0 Å². The number of carbonyl (C=O) groups is 4. The van der Waals surface area contributed by atoms with Crippen molar-refractivity contribution < 1.29 is 46.6 Å². The molecule has 1 amide bonds. The molecule has 1 N–H and O–H groups in total. The molecule has 3 rings (SSSR count). The molecule has 48 heavy (non-hydrogen) atoms. The molecule has 1 aromatic heterocycles. The average molecular weight is 667 g/mol. The number of aromatic nitrogens is 1. The van der Waals surface area contributed by atoms with Gasteiger partial charge in [0.15, 0.2) is 0 Å². The second-order valence-electron chi connectivity index (χ2n) is 10.6. The van der Waals surface area contributed by atoms with Crippen LogP contribution in [0.5, 0.6) is 0 Å². The number of alkyl halides is 3. The van der Waals surface area contributed by atoms with Gasteiger partial charge in [0.05, 0.1) is 25.2 Å². The third-order valence-corrected chi connectivity index (χ3v) is 7.31. The number of halogens is 3. The minimum atomic E-state index is -4.49. The third kappa shape index (κ3) is 9.40. The summed E-state index contributed by atoms with van der Waals surface area (Å²) in [5.41, 5.74) is -0.977. The van der Waals surface area contributed by atoms with E-state index in [1.807, 2.05) is 0 Å². The van der Waals surface area contributed by atoms with E-state index in [2.05, 4.69) is 10.3 Å². The molecule has 0 aliphatic rings. The van der Waals surface area contributed by atoms with E-state index in [0.29, 0.717) is 16.8 Å². The number of allylic oxidation sites excluding steroid dienone is 4. The predicted molar refractivity (Wildman–Crippen MR) is 172 cm³/mol. The lowest BCUT2D eigenvalue weighted by atomic mass is 9.82. The van der Waals surface area contributed by atoms with E-state index in [-0.39, 0.29) is 30.8 Å². The summed E-state index contributed by atoms with van der Waals surface area (Å²) in [4.78, 5) is 56.3. The summed E-state index contributed by atoms with van der Waals surface area (Å²) in [6, 6.07) is 16.0. The van der Waals surface area contributed by atoms with E-state index in [1.165, 1.54) is 37.5 Å². The smallest absolute Gasteiger partial charge is 0.416 e. The van der Waals surface area contributed by atoms with Gasteiger partial charge in [0.25, 0.3) is 5.91 Å². The fourth-order valence-electron chi connectivity index (χ4n) is 4.76. The van der Waals surface area contributed by atoms with Gasteiger partial charge in [0.2, 0.25) is 5.41 Å². The Morgan fingerprint density at radius 1 is 0.896 bits per heavy atom. The largest absolute Gasteiger partial charge is 0.465 e. The van der Waals surface area contributed by atoms with Crippen LogP contribution in [-0.2, 0) is 40.4 Å². The molecule has 0 aliphatic heterocycles. The molecular formula is C36H37F3N2O7. The number of hydrogen-bond donors (Lipinski definition) is 1. The van der Waals surface area contributed by atoms with Crippen LogP contribution in [0.1, 0.15) is 60.7 Å². The number of ether oxygens (including phenoxy) is 3. The van der Waals surface area contributed by atoms with Crippen molar-refractivity contribution in [3.63, 3.8) is 0 Å². The van der Waals surface area contributed by atoms with Crippen molar-refractivity contribution in [2.45, 2.75) is 51.6 Å². The molecule has 3 aromatic rings. The van der Waals surface area contributed by atoms with Crippen molar-refractivity contribution in [2.75, 3.05) is 25.1 Å². The first kappa shape index (κ1) is 37.2. The normalized spacial score (nSPS) is 12.7. The number of carbonyl (C=O) groups excluding carboxylic acids is 4. The summed E-state index contributed by atoms with van der Waals surface area (Å²) in [5.74, 6) is -3.59. The number of anilines is 1. The summed E-state index contributed by atoms with van der Waals surface area (Å²) in [5, 5.41) is 2.77. The highest BCUT2D eigenvalue weighted by molar-refractivity contribution is 6.07. The van der Waals surface area contributed by atoms with Gasteiger partial charge in [0, 0.05) is 35.1 Å². The molecule has 0 radical (unpaired) electrons. The fourth-order valence-corrected chi connectivity index (χ4v) is 4.76. The number of esters is 3. The summed E-state index contributed by atoms with van der Waals surface area (Å²) in [6.07, 6.45) is 1.43. The first-order valence-electron chi connectivity index (χ1n) is 15.2. The molecule has 1 atom stereocenters. The molecule has 0 bridgehead atoms. The molecule has 0 saturated heterocycles. The van der Waals surface area contributed by atoms with Gasteiger partial charge in [0.1, 0.15) is 6.61 Å². The standard InChI is InChI=1S/C36H37F3N2O7/c1-5-26(36(37,38)39)17-14-24(4)29-12-8-9-13-30(29)32(43)41-28-18-15-25(16-19-28)21-31(42)48-23-35(33(44)46-6-2,34(45)47-7-3)27-11-10-20-40-22-27/h5,8-20,22,24H,6-7,21,23H2,1-4H3,(H,41,43)/b17-14-,26-5+. The monoisotopic (exact) mass is 666 g/mol. The van der Waals surface area contributed by atoms with Gasteiger partial charge in [-0.15, -0.1) is 0 Å². The summed E-state index contributed by atoms with van der Waals surface area (Å²) in [6.45, 7) is 5.42. The Labute approximate surface area is 276 Å². The molecule has 9 nitrogen and oxygen atoms in total. The Kier molecular flexibility index (Phi) is 13.2. The zero-order valence-electron chi connectivity index (χ0n) is 27.0. The first-order valence-corrected chi connectivity index (χ1v) is 15.2. The molecule has 12 heteroatoms. The van der Waals surface area contributed by atoms with Gasteiger partial charge in [-0.2, -0.15) is 13.2 Å². The number of nitrogens with zero attached hydrogens (tertiary/aromatic N) is 1. The quantitative estimate of drug-likeness (QED) is 0.0879. The lowest BCUT2D eigenvalue weighted by Crippen LogP contribution is -2.50. The van der Waals surface area contributed by atoms with Crippen LogP contribution in [0, 0.1) is 0 Å². The van der Waals surface area contributed by atoms with Crippen molar-refractivity contribution in [3.8, 4) is 0 Å². The molecule has 2 aromatic carbocycles. The molecule has 0 saturated carbocycles. The molecule has 254 valence electrons. The van der Waals surface area contributed by atoms with Gasteiger partial charge < -0.3 is 19.5 Å². The Bertz CT molecular complexity index is 1620. The lowest BCUT2D eigenvalue weighted by molar-refractivity contribution is -0.170. The number of amides is 1. The maximum absolute atomic E-state index is 13.2. The van der Waals surface area contributed by atoms with E-state index < -0.39 is 53.5 Å². The molecule has 1 unspecified atom stereocenters. The van der Waals surface area contributed by atoms with E-state index >= 15 is 0 Å². The Morgan fingerprint density at radius 3 is 2.10 bits per heavy atom. The van der Waals surface area contributed by atoms with E-state index in [0.717, 1.165) is 12.2 Å². The summed E-state index contributed by atoms with van der Waals surface area (Å²) < 4.78 is 55.2. The van der Waals surface area contributed by atoms with Crippen LogP contribution in [0.25, 0.3) is 0 Å². The van der Waals surface area contributed by atoms with Gasteiger partial charge in [-0.25, -0.2) is 0 Å². The molecule has 1 heterocycles. The number of nitrogens with one attached hydrogen (secondary N) is 1. The van der Waals surface area contributed by atoms with E-state index in [4.69, 9.17) is 14.2 Å². The van der Waals surface area contributed by atoms with Crippen molar-refractivity contribution in [2.24, 2.45) is 0 Å². The second kappa shape index (κ2) is 17.1. The Morgan fingerprint density at radius 2 is 1.54 bits per heavy atom. The van der Waals surface area contributed by atoms with Crippen LogP contribution in [0.2, 0.25) is 0 Å². The van der Waals surface area contributed by atoms with E-state index in [9.17, 15) is 32.3 Å². The maximum atomic E-state index is 13.2. The zero-order valence-corrected chi connectivity index (χ0v) is 27.0. The number of benzene rings is 2. The van der Waals surface area contributed by atoms with Crippen molar-refractivity contribution in [1.82, 2.24) is 4.98 Å². The predicted octanol–water partition coefficient (Wildman–Crippen LogP) is 6.65. The second-order valence-corrected chi connectivity index (χ2v) is 10.6. The van der Waals surface area contributed by atoms with Crippen molar-refractivity contribution in [3.05, 3.63) is 119 Å². The van der Waals surface area contributed by atoms with Gasteiger partial charge in [-0.05, 0) is 56.2 Å². The lowest BCUT2D eigenvalue weighted by Gasteiger charge is -2.28. The van der Waals surface area contributed by atoms with Crippen molar-refractivity contribution >= 4 is 29.5 Å². The number of hydrogen-bond acceptors (Lipinski definition) is 8. The average Bonchev–Trinajstić information content (AvgIpc) is 3.06. The van der Waals surface area contributed by atoms with Crippen LogP contribution < -0.4 is 5.32 Å². The summed E-state index contributed by atoms with van der Waals surface area (Å²) >= 11 is 0. The van der Waals surface area contributed by atoms with Crippen LogP contribution in [0.4, 0.5) is 18.9 Å². The zero-order chi connectivity index (χ0) is 35.3. The van der Waals surface area contributed by atoms with Gasteiger partial charge in [-0.3, -0.25) is 24.2 Å². The highest BCUT2D eigenvalue weighted by Gasteiger charge is 2.52. The number of rotatable bonds is 14. The highest BCUT2D eigenvalue weighted by atomic mass is 19.4. The molecule has 0 fully saturated rings. The molecule has 0 spiro atoms. The number of pyridine rings is 1.